The van der Waals surface area contributed by atoms with E-state index in [0.29, 0.717) is 0 Å². The second-order valence-corrected chi connectivity index (χ2v) is 7.14. The first-order chi connectivity index (χ1) is 8.85. The third kappa shape index (κ3) is 12.3. The largest absolute Gasteiger partial charge is 0.400 e. The SMILES string of the molecule is CCCCCCCCCCC=CC[SiH](OC)OC. The van der Waals surface area contributed by atoms with Crippen molar-refractivity contribution >= 4 is 9.28 Å². The van der Waals surface area contributed by atoms with Gasteiger partial charge in [0.1, 0.15) is 0 Å². The highest BCUT2D eigenvalue weighted by molar-refractivity contribution is 6.44. The minimum absolute atomic E-state index is 0.990. The predicted octanol–water partition coefficient (Wildman–Crippen LogP) is 4.59. The third-order valence-electron chi connectivity index (χ3n) is 3.25. The summed E-state index contributed by atoms with van der Waals surface area (Å²) in [7, 11) is 2.13. The van der Waals surface area contributed by atoms with Crippen LogP contribution in [-0.2, 0) is 8.85 Å². The number of allylic oxidation sites excluding steroid dienone is 2. The molecule has 2 nitrogen and oxygen atoms in total. The van der Waals surface area contributed by atoms with E-state index in [-0.39, 0.29) is 0 Å². The fourth-order valence-electron chi connectivity index (χ4n) is 2.01. The lowest BCUT2D eigenvalue weighted by molar-refractivity contribution is 0.281. The summed E-state index contributed by atoms with van der Waals surface area (Å²) in [5.41, 5.74) is 0. The molecule has 0 rings (SSSR count). The summed E-state index contributed by atoms with van der Waals surface area (Å²) in [6.07, 6.45) is 16.9. The maximum Gasteiger partial charge on any atom is 0.324 e. The van der Waals surface area contributed by atoms with E-state index in [2.05, 4.69) is 19.1 Å². The highest BCUT2D eigenvalue weighted by Gasteiger charge is 2.04. The molecule has 0 bridgehead atoms. The van der Waals surface area contributed by atoms with Gasteiger partial charge in [0, 0.05) is 20.3 Å². The topological polar surface area (TPSA) is 18.5 Å². The first kappa shape index (κ1) is 17.9. The lowest BCUT2D eigenvalue weighted by atomic mass is 10.1. The van der Waals surface area contributed by atoms with E-state index in [9.17, 15) is 0 Å². The Morgan fingerprint density at radius 3 is 1.89 bits per heavy atom. The summed E-state index contributed by atoms with van der Waals surface area (Å²) in [4.78, 5) is 0. The van der Waals surface area contributed by atoms with Crippen LogP contribution in [0, 0.1) is 0 Å². The van der Waals surface area contributed by atoms with E-state index in [1.165, 1.54) is 57.8 Å². The van der Waals surface area contributed by atoms with Crippen LogP contribution in [0.15, 0.2) is 12.2 Å². The standard InChI is InChI=1S/C15H32O2Si/c1-4-5-6-7-8-9-10-11-12-13-14-15-18(16-2)17-3/h13-14,18H,4-12,15H2,1-3H3. The van der Waals surface area contributed by atoms with Crippen LogP contribution in [0.3, 0.4) is 0 Å². The van der Waals surface area contributed by atoms with Gasteiger partial charge in [-0.15, -0.1) is 0 Å². The molecule has 0 saturated carbocycles. The van der Waals surface area contributed by atoms with Crippen LogP contribution in [0.5, 0.6) is 0 Å². The highest BCUT2D eigenvalue weighted by atomic mass is 28.3. The molecule has 0 aromatic rings. The summed E-state index contributed by atoms with van der Waals surface area (Å²) >= 11 is 0. The van der Waals surface area contributed by atoms with Gasteiger partial charge in [-0.1, -0.05) is 64.0 Å². The molecule has 0 aliphatic heterocycles. The van der Waals surface area contributed by atoms with E-state index in [1.54, 1.807) is 14.2 Å². The first-order valence-corrected chi connectivity index (χ1v) is 9.31. The molecule has 0 spiro atoms. The third-order valence-corrected chi connectivity index (χ3v) is 4.95. The lowest BCUT2D eigenvalue weighted by Crippen LogP contribution is -2.17. The second-order valence-electron chi connectivity index (χ2n) is 4.87. The number of hydrogen-bond acceptors (Lipinski definition) is 2. The zero-order valence-electron chi connectivity index (χ0n) is 12.6. The van der Waals surface area contributed by atoms with E-state index >= 15 is 0 Å². The van der Waals surface area contributed by atoms with Crippen molar-refractivity contribution in [3.63, 3.8) is 0 Å². The second kappa shape index (κ2) is 14.9. The first-order valence-electron chi connectivity index (χ1n) is 7.55. The molecule has 0 atom stereocenters. The van der Waals surface area contributed by atoms with Gasteiger partial charge < -0.3 is 8.85 Å². The van der Waals surface area contributed by atoms with E-state index in [4.69, 9.17) is 8.85 Å². The van der Waals surface area contributed by atoms with Gasteiger partial charge in [-0.25, -0.2) is 0 Å². The normalized spacial score (nSPS) is 11.8. The molecular weight excluding hydrogens is 240 g/mol. The minimum Gasteiger partial charge on any atom is -0.400 e. The lowest BCUT2D eigenvalue weighted by Gasteiger charge is -2.06. The molecule has 0 saturated heterocycles. The van der Waals surface area contributed by atoms with Gasteiger partial charge in [-0.05, 0) is 12.8 Å². The van der Waals surface area contributed by atoms with Crippen molar-refractivity contribution in [3.8, 4) is 0 Å². The van der Waals surface area contributed by atoms with Crippen LogP contribution in [0.2, 0.25) is 6.04 Å². The average molecular weight is 273 g/mol. The zero-order chi connectivity index (χ0) is 13.5. The van der Waals surface area contributed by atoms with Gasteiger partial charge in [0.15, 0.2) is 0 Å². The van der Waals surface area contributed by atoms with Crippen LogP contribution in [0.4, 0.5) is 0 Å². The van der Waals surface area contributed by atoms with Gasteiger partial charge in [0.2, 0.25) is 0 Å². The molecule has 18 heavy (non-hydrogen) atoms. The fraction of sp³-hybridized carbons (Fsp3) is 0.867. The zero-order valence-corrected chi connectivity index (χ0v) is 13.8. The fourth-order valence-corrected chi connectivity index (χ4v) is 3.00. The van der Waals surface area contributed by atoms with Crippen LogP contribution in [-0.4, -0.2) is 23.5 Å². The van der Waals surface area contributed by atoms with Crippen molar-refractivity contribution in [2.45, 2.75) is 70.8 Å². The Balaban J connectivity index is 3.17. The van der Waals surface area contributed by atoms with Crippen molar-refractivity contribution in [1.82, 2.24) is 0 Å². The summed E-state index contributed by atoms with van der Waals surface area (Å²) in [6, 6.07) is 0.990. The summed E-state index contributed by atoms with van der Waals surface area (Å²) in [5, 5.41) is 0. The molecule has 0 aromatic heterocycles. The number of unbranched alkanes of at least 4 members (excludes halogenated alkanes) is 8. The Morgan fingerprint density at radius 1 is 0.778 bits per heavy atom. The predicted molar refractivity (Wildman–Crippen MR) is 82.3 cm³/mol. The van der Waals surface area contributed by atoms with Crippen LogP contribution >= 0.6 is 0 Å². The Bertz CT molecular complexity index is 179. The van der Waals surface area contributed by atoms with Gasteiger partial charge in [0.25, 0.3) is 0 Å². The van der Waals surface area contributed by atoms with E-state index in [1.807, 2.05) is 0 Å². The van der Waals surface area contributed by atoms with Crippen LogP contribution < -0.4 is 0 Å². The molecule has 108 valence electrons. The molecule has 0 fully saturated rings. The molecule has 0 radical (unpaired) electrons. The van der Waals surface area contributed by atoms with Crippen molar-refractivity contribution in [2.75, 3.05) is 14.2 Å². The smallest absolute Gasteiger partial charge is 0.324 e. The van der Waals surface area contributed by atoms with Gasteiger partial charge in [-0.3, -0.25) is 0 Å². The van der Waals surface area contributed by atoms with Crippen LogP contribution in [0.1, 0.15) is 64.7 Å². The van der Waals surface area contributed by atoms with Crippen molar-refractivity contribution in [1.29, 1.82) is 0 Å². The van der Waals surface area contributed by atoms with Crippen molar-refractivity contribution in [2.24, 2.45) is 0 Å². The summed E-state index contributed by atoms with van der Waals surface area (Å²) < 4.78 is 10.5. The average Bonchev–Trinajstić information content (AvgIpc) is 2.40. The Kier molecular flexibility index (Phi) is 14.8. The van der Waals surface area contributed by atoms with Crippen molar-refractivity contribution in [3.05, 3.63) is 12.2 Å². The maximum atomic E-state index is 5.26. The molecular formula is C15H32O2Si. The van der Waals surface area contributed by atoms with E-state index < -0.39 is 9.28 Å². The van der Waals surface area contributed by atoms with Gasteiger partial charge >= 0.3 is 9.28 Å². The Hall–Kier alpha value is -0.123. The highest BCUT2D eigenvalue weighted by Crippen LogP contribution is 2.10. The Labute approximate surface area is 116 Å². The van der Waals surface area contributed by atoms with Crippen molar-refractivity contribution < 1.29 is 8.85 Å². The molecule has 0 aromatic carbocycles. The number of rotatable bonds is 13. The minimum atomic E-state index is -1.36. The number of hydrogen-bond donors (Lipinski definition) is 0. The Morgan fingerprint density at radius 2 is 1.33 bits per heavy atom. The maximum absolute atomic E-state index is 5.26. The van der Waals surface area contributed by atoms with Crippen LogP contribution in [0.25, 0.3) is 0 Å². The quantitative estimate of drug-likeness (QED) is 0.277. The molecule has 0 unspecified atom stereocenters. The van der Waals surface area contributed by atoms with E-state index in [0.717, 1.165) is 6.04 Å². The summed E-state index contributed by atoms with van der Waals surface area (Å²) in [6.45, 7) is 2.27. The summed E-state index contributed by atoms with van der Waals surface area (Å²) in [5.74, 6) is 0. The van der Waals surface area contributed by atoms with Gasteiger partial charge in [0.05, 0.1) is 0 Å². The van der Waals surface area contributed by atoms with Gasteiger partial charge in [-0.2, -0.15) is 0 Å². The monoisotopic (exact) mass is 272 g/mol. The molecule has 0 aliphatic rings. The molecule has 0 amide bonds. The molecule has 0 N–H and O–H groups in total. The molecule has 0 heterocycles. The molecule has 0 aliphatic carbocycles. The molecule has 3 heteroatoms.